The largest absolute Gasteiger partial charge is 0.494 e. The van der Waals surface area contributed by atoms with Crippen molar-refractivity contribution in [3.8, 4) is 11.5 Å². The molecule has 5 nitrogen and oxygen atoms in total. The molecule has 0 unspecified atom stereocenters. The van der Waals surface area contributed by atoms with Crippen LogP contribution in [0.2, 0.25) is 0 Å². The van der Waals surface area contributed by atoms with Crippen molar-refractivity contribution in [1.29, 1.82) is 0 Å². The number of nitrogens with zero attached hydrogens (tertiary/aromatic N) is 1. The van der Waals surface area contributed by atoms with Crippen LogP contribution in [0.4, 0.5) is 0 Å². The maximum atomic E-state index is 12.1. The van der Waals surface area contributed by atoms with Crippen LogP contribution < -0.4 is 14.9 Å². The third kappa shape index (κ3) is 5.09. The van der Waals surface area contributed by atoms with Crippen LogP contribution in [0, 0.1) is 6.92 Å². The quantitative estimate of drug-likeness (QED) is 0.613. The summed E-state index contributed by atoms with van der Waals surface area (Å²) in [6.45, 7) is 8.12. The van der Waals surface area contributed by atoms with Crippen LogP contribution in [0.15, 0.2) is 41.5 Å². The number of nitrogens with one attached hydrogen (secondary N) is 1. The lowest BCUT2D eigenvalue weighted by atomic mass is 10.3. The minimum Gasteiger partial charge on any atom is -0.494 e. The fourth-order valence-electron chi connectivity index (χ4n) is 1.95. The van der Waals surface area contributed by atoms with Crippen molar-refractivity contribution in [3.05, 3.63) is 46.2 Å². The first kappa shape index (κ1) is 18.0. The Kier molecular flexibility index (Phi) is 6.37. The van der Waals surface area contributed by atoms with Crippen LogP contribution in [0.25, 0.3) is 0 Å². The molecule has 0 saturated heterocycles. The van der Waals surface area contributed by atoms with E-state index in [-0.39, 0.29) is 5.91 Å². The highest BCUT2D eigenvalue weighted by atomic mass is 32.1. The van der Waals surface area contributed by atoms with Crippen LogP contribution in [-0.2, 0) is 4.79 Å². The van der Waals surface area contributed by atoms with E-state index in [2.05, 4.69) is 10.5 Å². The number of thiophene rings is 1. The predicted octanol–water partition coefficient (Wildman–Crippen LogP) is 3.76. The lowest BCUT2D eigenvalue weighted by Crippen LogP contribution is -2.33. The molecule has 0 bridgehead atoms. The van der Waals surface area contributed by atoms with Gasteiger partial charge in [0, 0.05) is 4.88 Å². The molecule has 0 fully saturated rings. The molecule has 6 heteroatoms. The third-order valence-corrected chi connectivity index (χ3v) is 4.36. The summed E-state index contributed by atoms with van der Waals surface area (Å²) in [5, 5.41) is 4.14. The van der Waals surface area contributed by atoms with Crippen molar-refractivity contribution in [2.75, 3.05) is 6.61 Å². The Bertz CT molecular complexity index is 707. The second-order valence-corrected chi connectivity index (χ2v) is 6.54. The van der Waals surface area contributed by atoms with Gasteiger partial charge in [-0.05, 0) is 64.1 Å². The maximum absolute atomic E-state index is 12.1. The summed E-state index contributed by atoms with van der Waals surface area (Å²) in [5.74, 6) is 1.08. The molecule has 1 atom stereocenters. The van der Waals surface area contributed by atoms with Gasteiger partial charge in [-0.2, -0.15) is 5.10 Å². The fraction of sp³-hybridized carbons (Fsp3) is 0.333. The molecule has 1 amide bonds. The van der Waals surface area contributed by atoms with Gasteiger partial charge in [-0.1, -0.05) is 0 Å². The molecule has 0 aliphatic carbocycles. The normalized spacial score (nSPS) is 12.6. The molecule has 0 saturated carbocycles. The van der Waals surface area contributed by atoms with Gasteiger partial charge >= 0.3 is 0 Å². The molecule has 1 aromatic heterocycles. The van der Waals surface area contributed by atoms with Crippen LogP contribution in [0.5, 0.6) is 11.5 Å². The van der Waals surface area contributed by atoms with E-state index >= 15 is 0 Å². The molecule has 2 rings (SSSR count). The molecule has 128 valence electrons. The minimum atomic E-state index is -0.649. The van der Waals surface area contributed by atoms with E-state index in [0.29, 0.717) is 12.4 Å². The first-order chi connectivity index (χ1) is 11.5. The second-order valence-electron chi connectivity index (χ2n) is 5.25. The Labute approximate surface area is 146 Å². The number of rotatable bonds is 7. The Balaban J connectivity index is 1.89. The Morgan fingerprint density at radius 3 is 2.46 bits per heavy atom. The van der Waals surface area contributed by atoms with Gasteiger partial charge in [0.1, 0.15) is 11.5 Å². The summed E-state index contributed by atoms with van der Waals surface area (Å²) in [6.07, 6.45) is -0.649. The highest BCUT2D eigenvalue weighted by Gasteiger charge is 2.14. The molecule has 24 heavy (non-hydrogen) atoms. The number of hydrogen-bond donors (Lipinski definition) is 1. The van der Waals surface area contributed by atoms with Gasteiger partial charge < -0.3 is 9.47 Å². The van der Waals surface area contributed by atoms with E-state index < -0.39 is 6.10 Å². The van der Waals surface area contributed by atoms with Crippen molar-refractivity contribution < 1.29 is 14.3 Å². The Morgan fingerprint density at radius 2 is 1.88 bits per heavy atom. The second kappa shape index (κ2) is 8.49. The van der Waals surface area contributed by atoms with Crippen LogP contribution in [0.3, 0.4) is 0 Å². The molecule has 0 aliphatic rings. The number of aryl methyl sites for hydroxylation is 1. The summed E-state index contributed by atoms with van der Waals surface area (Å²) in [4.78, 5) is 14.3. The smallest absolute Gasteiger partial charge is 0.280 e. The molecule has 0 spiro atoms. The lowest BCUT2D eigenvalue weighted by Gasteiger charge is -2.13. The number of hydrogen-bond acceptors (Lipinski definition) is 5. The number of hydrazone groups is 1. The van der Waals surface area contributed by atoms with E-state index in [4.69, 9.17) is 9.47 Å². The Morgan fingerprint density at radius 1 is 1.21 bits per heavy atom. The average Bonchev–Trinajstić information content (AvgIpc) is 3.01. The summed E-state index contributed by atoms with van der Waals surface area (Å²) in [5.41, 5.74) is 3.32. The summed E-state index contributed by atoms with van der Waals surface area (Å²) in [7, 11) is 0. The van der Waals surface area contributed by atoms with Crippen molar-refractivity contribution in [2.24, 2.45) is 5.10 Å². The van der Waals surface area contributed by atoms with Crippen molar-refractivity contribution in [2.45, 2.75) is 33.8 Å². The predicted molar refractivity (Wildman–Crippen MR) is 97.1 cm³/mol. The van der Waals surface area contributed by atoms with Crippen LogP contribution in [-0.4, -0.2) is 24.3 Å². The average molecular weight is 346 g/mol. The number of benzene rings is 1. The van der Waals surface area contributed by atoms with E-state index in [0.717, 1.165) is 16.3 Å². The molecule has 2 aromatic rings. The first-order valence-corrected chi connectivity index (χ1v) is 8.61. The van der Waals surface area contributed by atoms with E-state index in [1.54, 1.807) is 30.4 Å². The van der Waals surface area contributed by atoms with E-state index in [9.17, 15) is 4.79 Å². The molecule has 1 N–H and O–H groups in total. The highest BCUT2D eigenvalue weighted by molar-refractivity contribution is 7.14. The molecule has 0 aliphatic heterocycles. The molecular weight excluding hydrogens is 324 g/mol. The molecule has 1 aromatic carbocycles. The molecule has 0 radical (unpaired) electrons. The van der Waals surface area contributed by atoms with E-state index in [1.165, 1.54) is 4.88 Å². The van der Waals surface area contributed by atoms with Crippen LogP contribution >= 0.6 is 11.3 Å². The van der Waals surface area contributed by atoms with Gasteiger partial charge in [0.2, 0.25) is 0 Å². The van der Waals surface area contributed by atoms with Gasteiger partial charge in [0.15, 0.2) is 6.10 Å². The minimum absolute atomic E-state index is 0.295. The monoisotopic (exact) mass is 346 g/mol. The zero-order valence-electron chi connectivity index (χ0n) is 14.3. The Hall–Kier alpha value is -2.34. The van der Waals surface area contributed by atoms with Gasteiger partial charge in [0.25, 0.3) is 5.91 Å². The van der Waals surface area contributed by atoms with Crippen molar-refractivity contribution in [1.82, 2.24) is 5.43 Å². The van der Waals surface area contributed by atoms with Crippen molar-refractivity contribution in [3.63, 3.8) is 0 Å². The maximum Gasteiger partial charge on any atom is 0.280 e. The number of carbonyl (C=O) groups excluding carboxylic acids is 1. The van der Waals surface area contributed by atoms with Gasteiger partial charge in [-0.15, -0.1) is 11.3 Å². The number of amides is 1. The van der Waals surface area contributed by atoms with Gasteiger partial charge in [-0.3, -0.25) is 4.79 Å². The summed E-state index contributed by atoms with van der Waals surface area (Å²) >= 11 is 1.64. The summed E-state index contributed by atoms with van der Waals surface area (Å²) in [6, 6.07) is 11.2. The van der Waals surface area contributed by atoms with Crippen molar-refractivity contribution >= 4 is 23.0 Å². The van der Waals surface area contributed by atoms with Gasteiger partial charge in [-0.25, -0.2) is 5.43 Å². The zero-order valence-corrected chi connectivity index (χ0v) is 15.1. The summed E-state index contributed by atoms with van der Waals surface area (Å²) < 4.78 is 11.0. The lowest BCUT2D eigenvalue weighted by molar-refractivity contribution is -0.127. The standard InChI is InChI=1S/C18H22N2O3S/c1-5-22-15-7-9-16(10-8-15)23-14(4)18(21)20-19-13(3)17-11-6-12(2)24-17/h6-11,14H,5H2,1-4H3,(H,20,21)/b19-13-/t14-/m0/s1. The fourth-order valence-corrected chi connectivity index (χ4v) is 2.77. The number of ether oxygens (including phenoxy) is 2. The molecular formula is C18H22N2O3S. The SMILES string of the molecule is CCOc1ccc(O[C@@H](C)C(=O)N/N=C(/C)c2ccc(C)s2)cc1. The van der Waals surface area contributed by atoms with E-state index in [1.807, 2.05) is 45.0 Å². The third-order valence-electron chi connectivity index (χ3n) is 3.25. The zero-order chi connectivity index (χ0) is 17.5. The van der Waals surface area contributed by atoms with Crippen LogP contribution in [0.1, 0.15) is 30.5 Å². The first-order valence-electron chi connectivity index (χ1n) is 7.80. The highest BCUT2D eigenvalue weighted by Crippen LogP contribution is 2.19. The molecule has 1 heterocycles. The topological polar surface area (TPSA) is 59.9 Å². The number of carbonyl (C=O) groups is 1. The van der Waals surface area contributed by atoms with Gasteiger partial charge in [0.05, 0.1) is 17.2 Å².